The minimum absolute atomic E-state index is 0.0823. The molecule has 2 saturated carbocycles. The number of carboxylic acids is 1. The van der Waals surface area contributed by atoms with Gasteiger partial charge < -0.3 is 15.7 Å². The molecule has 0 bridgehead atoms. The first-order valence-corrected chi connectivity index (χ1v) is 8.25. The summed E-state index contributed by atoms with van der Waals surface area (Å²) in [5, 5.41) is 15.6. The number of carbonyl (C=O) groups is 2. The Morgan fingerprint density at radius 3 is 2.33 bits per heavy atom. The van der Waals surface area contributed by atoms with Crippen LogP contribution in [0, 0.1) is 11.3 Å². The summed E-state index contributed by atoms with van der Waals surface area (Å²) in [5.41, 5.74) is -0.754. The summed E-state index contributed by atoms with van der Waals surface area (Å²) in [5.74, 6) is -0.253. The van der Waals surface area contributed by atoms with Gasteiger partial charge in [-0.3, -0.25) is 9.59 Å². The summed E-state index contributed by atoms with van der Waals surface area (Å²) >= 11 is 0. The van der Waals surface area contributed by atoms with Gasteiger partial charge in [0.05, 0.1) is 12.0 Å². The number of hydrogen-bond donors (Lipinski definition) is 3. The van der Waals surface area contributed by atoms with Crippen LogP contribution in [0.4, 0.5) is 0 Å². The van der Waals surface area contributed by atoms with Crippen LogP contribution in [0.5, 0.6) is 0 Å². The number of amides is 1. The number of nitrogens with one attached hydrogen (secondary N) is 2. The van der Waals surface area contributed by atoms with Crippen molar-refractivity contribution in [1.29, 1.82) is 0 Å². The fourth-order valence-corrected chi connectivity index (χ4v) is 3.48. The van der Waals surface area contributed by atoms with E-state index in [1.165, 1.54) is 12.8 Å². The molecule has 5 nitrogen and oxygen atoms in total. The second-order valence-corrected chi connectivity index (χ2v) is 6.91. The molecule has 1 amide bonds. The lowest BCUT2D eigenvalue weighted by molar-refractivity contribution is -0.151. The van der Waals surface area contributed by atoms with Crippen LogP contribution >= 0.6 is 0 Å². The van der Waals surface area contributed by atoms with Crippen molar-refractivity contribution in [2.75, 3.05) is 13.1 Å². The molecule has 120 valence electrons. The summed E-state index contributed by atoms with van der Waals surface area (Å²) in [6.45, 7) is 2.73. The van der Waals surface area contributed by atoms with E-state index in [2.05, 4.69) is 17.6 Å². The highest BCUT2D eigenvalue weighted by Gasteiger charge is 2.41. The quantitative estimate of drug-likeness (QED) is 0.699. The normalized spacial score (nSPS) is 30.2. The van der Waals surface area contributed by atoms with Crippen molar-refractivity contribution >= 4 is 11.9 Å². The Kier molecular flexibility index (Phi) is 5.62. The Morgan fingerprint density at radius 2 is 1.76 bits per heavy atom. The van der Waals surface area contributed by atoms with Gasteiger partial charge in [-0.1, -0.05) is 19.8 Å². The first-order chi connectivity index (χ1) is 10.0. The van der Waals surface area contributed by atoms with Crippen molar-refractivity contribution in [3.05, 3.63) is 0 Å². The monoisotopic (exact) mass is 296 g/mol. The molecular formula is C16H28N2O3. The third-order valence-electron chi connectivity index (χ3n) is 5.22. The summed E-state index contributed by atoms with van der Waals surface area (Å²) in [4.78, 5) is 23.5. The van der Waals surface area contributed by atoms with Crippen LogP contribution < -0.4 is 10.6 Å². The molecule has 21 heavy (non-hydrogen) atoms. The van der Waals surface area contributed by atoms with Gasteiger partial charge in [0, 0.05) is 12.6 Å². The molecule has 0 atom stereocenters. The minimum atomic E-state index is -0.765. The standard InChI is InChI=1S/C16H28N2O3/c1-12-6-8-16(9-7-12,15(20)21)11-18-14(19)10-17-13-4-2-3-5-13/h12-13,17H,2-11H2,1H3,(H,18,19)(H,20,21). The first kappa shape index (κ1) is 16.3. The molecule has 0 aromatic carbocycles. The van der Waals surface area contributed by atoms with E-state index in [0.717, 1.165) is 25.7 Å². The lowest BCUT2D eigenvalue weighted by Crippen LogP contribution is -2.47. The van der Waals surface area contributed by atoms with E-state index in [1.54, 1.807) is 0 Å². The van der Waals surface area contributed by atoms with Gasteiger partial charge in [-0.05, 0) is 44.4 Å². The maximum absolute atomic E-state index is 11.9. The van der Waals surface area contributed by atoms with Crippen molar-refractivity contribution in [3.8, 4) is 0 Å². The Morgan fingerprint density at radius 1 is 1.14 bits per heavy atom. The SMILES string of the molecule is CC1CCC(CNC(=O)CNC2CCCC2)(C(=O)O)CC1. The van der Waals surface area contributed by atoms with E-state index in [-0.39, 0.29) is 12.5 Å². The average molecular weight is 296 g/mol. The van der Waals surface area contributed by atoms with E-state index in [9.17, 15) is 14.7 Å². The van der Waals surface area contributed by atoms with Crippen LogP contribution in [-0.2, 0) is 9.59 Å². The first-order valence-electron chi connectivity index (χ1n) is 8.25. The van der Waals surface area contributed by atoms with E-state index >= 15 is 0 Å². The molecule has 0 spiro atoms. The van der Waals surface area contributed by atoms with Crippen molar-refractivity contribution in [1.82, 2.24) is 10.6 Å². The average Bonchev–Trinajstić information content (AvgIpc) is 2.98. The number of carbonyl (C=O) groups excluding carboxylic acids is 1. The van der Waals surface area contributed by atoms with Gasteiger partial charge in [0.25, 0.3) is 0 Å². The molecule has 0 aromatic heterocycles. The van der Waals surface area contributed by atoms with Gasteiger partial charge in [0.2, 0.25) is 5.91 Å². The fourth-order valence-electron chi connectivity index (χ4n) is 3.48. The topological polar surface area (TPSA) is 78.4 Å². The van der Waals surface area contributed by atoms with Crippen LogP contribution in [-0.4, -0.2) is 36.1 Å². The van der Waals surface area contributed by atoms with Gasteiger partial charge >= 0.3 is 5.97 Å². The van der Waals surface area contributed by atoms with Gasteiger partial charge in [0.1, 0.15) is 0 Å². The maximum atomic E-state index is 11.9. The van der Waals surface area contributed by atoms with Gasteiger partial charge in [-0.25, -0.2) is 0 Å². The predicted octanol–water partition coefficient (Wildman–Crippen LogP) is 1.92. The van der Waals surface area contributed by atoms with E-state index < -0.39 is 11.4 Å². The van der Waals surface area contributed by atoms with E-state index in [4.69, 9.17) is 0 Å². The molecule has 2 aliphatic rings. The zero-order valence-electron chi connectivity index (χ0n) is 13.0. The van der Waals surface area contributed by atoms with Crippen molar-refractivity contribution in [3.63, 3.8) is 0 Å². The second kappa shape index (κ2) is 7.25. The number of carboxylic acid groups (broad SMARTS) is 1. The summed E-state index contributed by atoms with van der Waals surface area (Å²) in [7, 11) is 0. The van der Waals surface area contributed by atoms with Crippen LogP contribution in [0.2, 0.25) is 0 Å². The van der Waals surface area contributed by atoms with Crippen LogP contribution in [0.1, 0.15) is 58.3 Å². The molecule has 0 saturated heterocycles. The molecule has 3 N–H and O–H groups in total. The summed E-state index contributed by atoms with van der Waals surface area (Å²) in [6, 6.07) is 0.458. The molecule has 0 unspecified atom stereocenters. The molecule has 0 heterocycles. The predicted molar refractivity (Wildman–Crippen MR) is 81.0 cm³/mol. The molecule has 0 radical (unpaired) electrons. The van der Waals surface area contributed by atoms with E-state index in [0.29, 0.717) is 31.3 Å². The fraction of sp³-hybridized carbons (Fsp3) is 0.875. The highest BCUT2D eigenvalue weighted by atomic mass is 16.4. The molecule has 0 aromatic rings. The van der Waals surface area contributed by atoms with Gasteiger partial charge in [0.15, 0.2) is 0 Å². The Labute approximate surface area is 126 Å². The van der Waals surface area contributed by atoms with Crippen molar-refractivity contribution in [2.24, 2.45) is 11.3 Å². The summed E-state index contributed by atoms with van der Waals surface area (Å²) < 4.78 is 0. The highest BCUT2D eigenvalue weighted by molar-refractivity contribution is 5.80. The third kappa shape index (κ3) is 4.43. The largest absolute Gasteiger partial charge is 0.481 e. The van der Waals surface area contributed by atoms with E-state index in [1.807, 2.05) is 0 Å². The van der Waals surface area contributed by atoms with Crippen LogP contribution in [0.25, 0.3) is 0 Å². The molecule has 2 aliphatic carbocycles. The Balaban J connectivity index is 1.76. The zero-order valence-corrected chi connectivity index (χ0v) is 13.0. The maximum Gasteiger partial charge on any atom is 0.311 e. The molecular weight excluding hydrogens is 268 g/mol. The zero-order chi connectivity index (χ0) is 15.3. The smallest absolute Gasteiger partial charge is 0.311 e. The number of rotatable bonds is 6. The molecule has 2 rings (SSSR count). The second-order valence-electron chi connectivity index (χ2n) is 6.91. The molecule has 2 fully saturated rings. The van der Waals surface area contributed by atoms with Crippen LogP contribution in [0.3, 0.4) is 0 Å². The summed E-state index contributed by atoms with van der Waals surface area (Å²) in [6.07, 6.45) is 7.96. The van der Waals surface area contributed by atoms with Gasteiger partial charge in [-0.2, -0.15) is 0 Å². The number of aliphatic carboxylic acids is 1. The third-order valence-corrected chi connectivity index (χ3v) is 5.22. The lowest BCUT2D eigenvalue weighted by Gasteiger charge is -2.35. The highest BCUT2D eigenvalue weighted by Crippen LogP contribution is 2.38. The minimum Gasteiger partial charge on any atom is -0.481 e. The number of hydrogen-bond acceptors (Lipinski definition) is 3. The van der Waals surface area contributed by atoms with Gasteiger partial charge in [-0.15, -0.1) is 0 Å². The molecule has 5 heteroatoms. The Hall–Kier alpha value is -1.10. The lowest BCUT2D eigenvalue weighted by atomic mass is 9.71. The van der Waals surface area contributed by atoms with Crippen LogP contribution in [0.15, 0.2) is 0 Å². The van der Waals surface area contributed by atoms with Crippen molar-refractivity contribution < 1.29 is 14.7 Å². The van der Waals surface area contributed by atoms with Crippen molar-refractivity contribution in [2.45, 2.75) is 64.3 Å². The molecule has 0 aliphatic heterocycles. The Bertz CT molecular complexity index is 370.